The Morgan fingerprint density at radius 2 is 0.899 bits per heavy atom. The number of aromatic nitrogens is 5. The van der Waals surface area contributed by atoms with Gasteiger partial charge in [-0.2, -0.15) is 0 Å². The van der Waals surface area contributed by atoms with Crippen LogP contribution >= 0.6 is 0 Å². The molecule has 0 saturated heterocycles. The van der Waals surface area contributed by atoms with E-state index in [0.29, 0.717) is 17.5 Å². The Bertz CT molecular complexity index is 4600. The average molecular weight is 880 g/mol. The molecular formula is C63H37N5O. The Balaban J connectivity index is 1.00. The van der Waals surface area contributed by atoms with Crippen molar-refractivity contribution in [1.29, 1.82) is 0 Å². The molecule has 4 aromatic heterocycles. The van der Waals surface area contributed by atoms with Gasteiger partial charge in [-0.25, -0.2) is 15.0 Å². The first-order valence-corrected chi connectivity index (χ1v) is 23.4. The molecule has 0 amide bonds. The summed E-state index contributed by atoms with van der Waals surface area (Å²) in [4.78, 5) is 16.1. The van der Waals surface area contributed by atoms with E-state index < -0.39 is 0 Å². The van der Waals surface area contributed by atoms with E-state index in [9.17, 15) is 0 Å². The molecule has 15 rings (SSSR count). The number of rotatable bonds is 5. The third kappa shape index (κ3) is 5.57. The minimum Gasteiger partial charge on any atom is -0.456 e. The Morgan fingerprint density at radius 1 is 0.304 bits per heavy atom. The quantitative estimate of drug-likeness (QED) is 0.173. The predicted octanol–water partition coefficient (Wildman–Crippen LogP) is 16.4. The molecule has 0 aliphatic carbocycles. The minimum absolute atomic E-state index is 0.574. The molecule has 0 bridgehead atoms. The average Bonchev–Trinajstić information content (AvgIpc) is 4.08. The normalized spacial score (nSPS) is 12.1. The van der Waals surface area contributed by atoms with Gasteiger partial charge in [-0.3, -0.25) is 0 Å². The first kappa shape index (κ1) is 37.8. The Labute approximate surface area is 394 Å². The topological polar surface area (TPSA) is 61.7 Å². The van der Waals surface area contributed by atoms with E-state index in [1.807, 2.05) is 24.3 Å². The van der Waals surface area contributed by atoms with Crippen molar-refractivity contribution >= 4 is 97.9 Å². The number of benzene rings is 11. The monoisotopic (exact) mass is 879 g/mol. The van der Waals surface area contributed by atoms with Crippen molar-refractivity contribution in [3.63, 3.8) is 0 Å². The molecule has 0 saturated carbocycles. The number of hydrogen-bond donors (Lipinski definition) is 0. The predicted molar refractivity (Wildman–Crippen MR) is 285 cm³/mol. The van der Waals surface area contributed by atoms with E-state index in [1.54, 1.807) is 0 Å². The van der Waals surface area contributed by atoms with E-state index in [4.69, 9.17) is 19.4 Å². The number of fused-ring (bicyclic) bond motifs is 14. The highest BCUT2D eigenvalue weighted by Gasteiger charge is 2.25. The minimum atomic E-state index is 0.574. The Hall–Kier alpha value is -9.39. The van der Waals surface area contributed by atoms with Gasteiger partial charge in [0.2, 0.25) is 0 Å². The number of para-hydroxylation sites is 2. The van der Waals surface area contributed by atoms with Crippen molar-refractivity contribution in [2.45, 2.75) is 0 Å². The van der Waals surface area contributed by atoms with Crippen molar-refractivity contribution < 1.29 is 4.42 Å². The fraction of sp³-hybridized carbons (Fsp3) is 0. The highest BCUT2D eigenvalue weighted by molar-refractivity contribution is 6.27. The Kier molecular flexibility index (Phi) is 7.97. The van der Waals surface area contributed by atoms with Crippen LogP contribution in [0.15, 0.2) is 229 Å². The molecule has 6 heteroatoms. The lowest BCUT2D eigenvalue weighted by molar-refractivity contribution is 0.669. The van der Waals surface area contributed by atoms with Gasteiger partial charge in [0.05, 0.1) is 27.8 Å². The van der Waals surface area contributed by atoms with Crippen molar-refractivity contribution in [1.82, 2.24) is 24.1 Å². The first-order chi connectivity index (χ1) is 34.2. The van der Waals surface area contributed by atoms with E-state index in [-0.39, 0.29) is 0 Å². The van der Waals surface area contributed by atoms with Crippen LogP contribution in [-0.2, 0) is 0 Å². The van der Waals surface area contributed by atoms with E-state index >= 15 is 0 Å². The number of hydrogen-bond acceptors (Lipinski definition) is 4. The van der Waals surface area contributed by atoms with Crippen LogP contribution in [0.2, 0.25) is 0 Å². The highest BCUT2D eigenvalue weighted by Crippen LogP contribution is 2.46. The molecule has 11 aromatic carbocycles. The van der Waals surface area contributed by atoms with Gasteiger partial charge in [0, 0.05) is 66.1 Å². The van der Waals surface area contributed by atoms with Crippen molar-refractivity contribution in [2.75, 3.05) is 0 Å². The molecule has 0 aliphatic rings. The summed E-state index contributed by atoms with van der Waals surface area (Å²) < 4.78 is 11.8. The zero-order valence-corrected chi connectivity index (χ0v) is 37.0. The van der Waals surface area contributed by atoms with Crippen LogP contribution in [-0.4, -0.2) is 24.1 Å². The van der Waals surface area contributed by atoms with Gasteiger partial charge < -0.3 is 13.6 Å². The second kappa shape index (κ2) is 14.6. The number of nitrogens with zero attached hydrogens (tertiary/aromatic N) is 5. The smallest absolute Gasteiger partial charge is 0.164 e. The molecule has 69 heavy (non-hydrogen) atoms. The van der Waals surface area contributed by atoms with E-state index in [2.05, 4.69) is 209 Å². The molecule has 0 atom stereocenters. The standard InChI is InChI=1S/C63H37N5O/c1-3-18-39(19-4-1)61-64-62(47-28-15-31-51-58(47)46-27-13-14-30-50(46)67(51)42-22-5-2-6-23-42)66-63(65-61)48-29-16-32-55-60(48)59-45-26-12-11-25-44(45)54(37-56(59)69-55)68-52-34-33-38-17-9-10-24-43(38)57(52)49-35-40-20-7-8-21-41(40)36-53(49)68/h1-37H. The van der Waals surface area contributed by atoms with Gasteiger partial charge in [0.25, 0.3) is 0 Å². The number of furan rings is 1. The lowest BCUT2D eigenvalue weighted by atomic mass is 9.99. The Morgan fingerprint density at radius 3 is 1.70 bits per heavy atom. The van der Waals surface area contributed by atoms with Gasteiger partial charge in [0.1, 0.15) is 11.2 Å². The van der Waals surface area contributed by atoms with Gasteiger partial charge in [-0.15, -0.1) is 0 Å². The van der Waals surface area contributed by atoms with E-state index in [0.717, 1.165) is 93.6 Å². The highest BCUT2D eigenvalue weighted by atomic mass is 16.3. The molecule has 4 heterocycles. The summed E-state index contributed by atoms with van der Waals surface area (Å²) in [7, 11) is 0. The third-order valence-corrected chi connectivity index (χ3v) is 14.1. The molecule has 0 radical (unpaired) electrons. The summed E-state index contributed by atoms with van der Waals surface area (Å²) in [5.41, 5.74) is 10.9. The van der Waals surface area contributed by atoms with Crippen LogP contribution in [0.25, 0.3) is 143 Å². The first-order valence-electron chi connectivity index (χ1n) is 23.4. The summed E-state index contributed by atoms with van der Waals surface area (Å²) in [5.74, 6) is 1.77. The van der Waals surface area contributed by atoms with E-state index in [1.165, 1.54) is 32.3 Å². The molecule has 0 N–H and O–H groups in total. The maximum Gasteiger partial charge on any atom is 0.164 e. The SMILES string of the molecule is c1ccc(-c2nc(-c3cccc4oc5cc(-n6c7cc8ccccc8cc7c7c8ccccc8ccc76)c6ccccc6c5c34)nc(-c3cccc4c3c3ccccc3n4-c3ccccc3)n2)cc1. The molecular weight excluding hydrogens is 843 g/mol. The second-order valence-corrected chi connectivity index (χ2v) is 17.9. The molecule has 0 spiro atoms. The lowest BCUT2D eigenvalue weighted by Gasteiger charge is -2.13. The summed E-state index contributed by atoms with van der Waals surface area (Å²) in [6.45, 7) is 0. The summed E-state index contributed by atoms with van der Waals surface area (Å²) in [6, 6.07) is 79.6. The lowest BCUT2D eigenvalue weighted by Crippen LogP contribution is -2.01. The summed E-state index contributed by atoms with van der Waals surface area (Å²) >= 11 is 0. The zero-order valence-electron chi connectivity index (χ0n) is 37.0. The largest absolute Gasteiger partial charge is 0.456 e. The van der Waals surface area contributed by atoms with Gasteiger partial charge in [-0.05, 0) is 75.5 Å². The third-order valence-electron chi connectivity index (χ3n) is 14.1. The van der Waals surface area contributed by atoms with Gasteiger partial charge in [-0.1, -0.05) is 170 Å². The van der Waals surface area contributed by atoms with Crippen molar-refractivity contribution in [2.24, 2.45) is 0 Å². The van der Waals surface area contributed by atoms with Gasteiger partial charge in [0.15, 0.2) is 17.5 Å². The molecule has 15 aromatic rings. The van der Waals surface area contributed by atoms with Crippen LogP contribution in [0.5, 0.6) is 0 Å². The summed E-state index contributed by atoms with van der Waals surface area (Å²) in [6.07, 6.45) is 0. The fourth-order valence-corrected chi connectivity index (χ4v) is 11.2. The molecule has 320 valence electrons. The molecule has 6 nitrogen and oxygen atoms in total. The van der Waals surface area contributed by atoms with Crippen LogP contribution in [0.3, 0.4) is 0 Å². The maximum atomic E-state index is 7.02. The summed E-state index contributed by atoms with van der Waals surface area (Å²) in [5, 5.41) is 13.7. The van der Waals surface area contributed by atoms with Crippen LogP contribution in [0, 0.1) is 0 Å². The van der Waals surface area contributed by atoms with Crippen LogP contribution in [0.4, 0.5) is 0 Å². The van der Waals surface area contributed by atoms with Crippen molar-refractivity contribution in [3.8, 4) is 45.5 Å². The molecule has 0 aliphatic heterocycles. The van der Waals surface area contributed by atoms with Crippen LogP contribution in [0.1, 0.15) is 0 Å². The van der Waals surface area contributed by atoms with Gasteiger partial charge >= 0.3 is 0 Å². The zero-order chi connectivity index (χ0) is 45.2. The maximum absolute atomic E-state index is 7.02. The van der Waals surface area contributed by atoms with Crippen LogP contribution < -0.4 is 0 Å². The van der Waals surface area contributed by atoms with Crippen molar-refractivity contribution in [3.05, 3.63) is 224 Å². The fourth-order valence-electron chi connectivity index (χ4n) is 11.2. The second-order valence-electron chi connectivity index (χ2n) is 17.9. The molecule has 0 unspecified atom stereocenters. The molecule has 0 fully saturated rings.